The highest BCUT2D eigenvalue weighted by molar-refractivity contribution is 5.90. The third-order valence-electron chi connectivity index (χ3n) is 5.19. The van der Waals surface area contributed by atoms with E-state index in [4.69, 9.17) is 5.10 Å². The van der Waals surface area contributed by atoms with Gasteiger partial charge in [0.05, 0.1) is 17.0 Å². The van der Waals surface area contributed by atoms with E-state index in [0.29, 0.717) is 31.7 Å². The standard InChI is InChI=1S/C21H30N4O2/c1-15-17(20(2,3)4)23-25(16-9-7-6-8-10-16)18(15)22-19(26)24-13-11-21(5,27)12-14-24/h6-10,27H,11-14H2,1-5H3,(H,22,26). The molecule has 1 fully saturated rings. The Hall–Kier alpha value is -2.34. The summed E-state index contributed by atoms with van der Waals surface area (Å²) in [6.45, 7) is 11.3. The maximum Gasteiger partial charge on any atom is 0.323 e. The average Bonchev–Trinajstić information content (AvgIpc) is 2.92. The molecule has 6 heteroatoms. The molecule has 27 heavy (non-hydrogen) atoms. The second-order valence-electron chi connectivity index (χ2n) is 8.73. The Balaban J connectivity index is 1.92. The van der Waals surface area contributed by atoms with Crippen LogP contribution < -0.4 is 5.32 Å². The first-order valence-corrected chi connectivity index (χ1v) is 9.52. The van der Waals surface area contributed by atoms with E-state index in [-0.39, 0.29) is 11.4 Å². The van der Waals surface area contributed by atoms with Crippen molar-refractivity contribution in [1.82, 2.24) is 14.7 Å². The van der Waals surface area contributed by atoms with Crippen LogP contribution in [0.25, 0.3) is 5.69 Å². The predicted octanol–water partition coefficient (Wildman–Crippen LogP) is 3.86. The summed E-state index contributed by atoms with van der Waals surface area (Å²) in [4.78, 5) is 14.6. The van der Waals surface area contributed by atoms with Crippen molar-refractivity contribution in [2.75, 3.05) is 18.4 Å². The van der Waals surface area contributed by atoms with Gasteiger partial charge in [0.1, 0.15) is 5.82 Å². The quantitative estimate of drug-likeness (QED) is 0.843. The zero-order valence-corrected chi connectivity index (χ0v) is 16.9. The molecule has 0 bridgehead atoms. The number of anilines is 1. The molecule has 1 aromatic heterocycles. The fourth-order valence-corrected chi connectivity index (χ4v) is 3.48. The molecule has 2 N–H and O–H groups in total. The number of aliphatic hydroxyl groups is 1. The number of piperidine rings is 1. The van der Waals surface area contributed by atoms with Gasteiger partial charge in [-0.1, -0.05) is 39.0 Å². The number of nitrogens with zero attached hydrogens (tertiary/aromatic N) is 3. The van der Waals surface area contributed by atoms with Gasteiger partial charge in [-0.15, -0.1) is 0 Å². The number of urea groups is 1. The Morgan fingerprint density at radius 2 is 1.78 bits per heavy atom. The minimum atomic E-state index is -0.683. The van der Waals surface area contributed by atoms with Crippen LogP contribution in [0.3, 0.4) is 0 Å². The van der Waals surface area contributed by atoms with Gasteiger partial charge in [-0.3, -0.25) is 5.32 Å². The van der Waals surface area contributed by atoms with Gasteiger partial charge in [0.2, 0.25) is 0 Å². The minimum Gasteiger partial charge on any atom is -0.390 e. The van der Waals surface area contributed by atoms with Crippen LogP contribution >= 0.6 is 0 Å². The van der Waals surface area contributed by atoms with Gasteiger partial charge in [-0.25, -0.2) is 9.48 Å². The van der Waals surface area contributed by atoms with Crippen molar-refractivity contribution in [1.29, 1.82) is 0 Å². The second-order valence-corrected chi connectivity index (χ2v) is 8.73. The number of carbonyl (C=O) groups is 1. The van der Waals surface area contributed by atoms with Crippen molar-refractivity contribution in [3.8, 4) is 5.69 Å². The van der Waals surface area contributed by atoms with E-state index < -0.39 is 5.60 Å². The second kappa shape index (κ2) is 7.00. The molecule has 6 nitrogen and oxygen atoms in total. The lowest BCUT2D eigenvalue weighted by molar-refractivity contribution is 0.00569. The van der Waals surface area contributed by atoms with Crippen LogP contribution in [0.4, 0.5) is 10.6 Å². The van der Waals surface area contributed by atoms with Gasteiger partial charge in [-0.2, -0.15) is 5.10 Å². The molecule has 0 spiro atoms. The van der Waals surface area contributed by atoms with E-state index >= 15 is 0 Å². The van der Waals surface area contributed by atoms with Crippen molar-refractivity contribution < 1.29 is 9.90 Å². The molecule has 3 rings (SSSR count). The number of rotatable bonds is 2. The molecule has 0 radical (unpaired) electrons. The van der Waals surface area contributed by atoms with Crippen molar-refractivity contribution >= 4 is 11.8 Å². The number of likely N-dealkylation sites (tertiary alicyclic amines) is 1. The first-order chi connectivity index (χ1) is 12.6. The summed E-state index contributed by atoms with van der Waals surface area (Å²) in [6, 6.07) is 9.69. The van der Waals surface area contributed by atoms with E-state index in [1.54, 1.807) is 4.90 Å². The zero-order valence-electron chi connectivity index (χ0n) is 16.9. The first kappa shape index (κ1) is 19.4. The Morgan fingerprint density at radius 3 is 2.33 bits per heavy atom. The van der Waals surface area contributed by atoms with E-state index in [9.17, 15) is 9.90 Å². The normalized spacial score (nSPS) is 17.0. The maximum absolute atomic E-state index is 12.9. The summed E-state index contributed by atoms with van der Waals surface area (Å²) >= 11 is 0. The first-order valence-electron chi connectivity index (χ1n) is 9.52. The summed E-state index contributed by atoms with van der Waals surface area (Å²) in [7, 11) is 0. The van der Waals surface area contributed by atoms with E-state index in [2.05, 4.69) is 26.1 Å². The molecule has 2 amide bonds. The smallest absolute Gasteiger partial charge is 0.323 e. The van der Waals surface area contributed by atoms with E-state index in [0.717, 1.165) is 16.9 Å². The Morgan fingerprint density at radius 1 is 1.19 bits per heavy atom. The Bertz CT molecular complexity index is 809. The van der Waals surface area contributed by atoms with E-state index in [1.165, 1.54) is 0 Å². The van der Waals surface area contributed by atoms with Gasteiger partial charge >= 0.3 is 6.03 Å². The van der Waals surface area contributed by atoms with Gasteiger partial charge < -0.3 is 10.0 Å². The molecule has 1 aromatic carbocycles. The van der Waals surface area contributed by atoms with Gasteiger partial charge in [-0.05, 0) is 38.8 Å². The van der Waals surface area contributed by atoms with Crippen LogP contribution in [0.1, 0.15) is 51.8 Å². The Labute approximate surface area is 161 Å². The van der Waals surface area contributed by atoms with E-state index in [1.807, 2.05) is 48.9 Å². The summed E-state index contributed by atoms with van der Waals surface area (Å²) in [5.74, 6) is 0.702. The molecule has 146 valence electrons. The van der Waals surface area contributed by atoms with Crippen molar-refractivity contribution in [3.63, 3.8) is 0 Å². The maximum atomic E-state index is 12.9. The lowest BCUT2D eigenvalue weighted by Gasteiger charge is -2.35. The molecular formula is C21H30N4O2. The number of aromatic nitrogens is 2. The molecule has 1 aliphatic rings. The molecule has 2 aromatic rings. The van der Waals surface area contributed by atoms with Crippen LogP contribution in [0, 0.1) is 6.92 Å². The highest BCUT2D eigenvalue weighted by Gasteiger charge is 2.31. The number of benzene rings is 1. The Kier molecular flexibility index (Phi) is 5.04. The topological polar surface area (TPSA) is 70.4 Å². The number of para-hydroxylation sites is 1. The van der Waals surface area contributed by atoms with Gasteiger partial charge in [0.15, 0.2) is 0 Å². The third kappa shape index (κ3) is 4.16. The lowest BCUT2D eigenvalue weighted by Crippen LogP contribution is -2.46. The van der Waals surface area contributed by atoms with Crippen molar-refractivity contribution in [3.05, 3.63) is 41.6 Å². The summed E-state index contributed by atoms with van der Waals surface area (Å²) in [5.41, 5.74) is 2.03. The number of nitrogens with one attached hydrogen (secondary N) is 1. The van der Waals surface area contributed by atoms with Crippen LogP contribution in [0.2, 0.25) is 0 Å². The lowest BCUT2D eigenvalue weighted by atomic mass is 9.90. The minimum absolute atomic E-state index is 0.132. The highest BCUT2D eigenvalue weighted by Crippen LogP contribution is 2.32. The monoisotopic (exact) mass is 370 g/mol. The van der Waals surface area contributed by atoms with Crippen LogP contribution in [-0.2, 0) is 5.41 Å². The molecule has 1 saturated heterocycles. The summed E-state index contributed by atoms with van der Waals surface area (Å²) in [5, 5.41) is 18.0. The molecule has 0 saturated carbocycles. The highest BCUT2D eigenvalue weighted by atomic mass is 16.3. The largest absolute Gasteiger partial charge is 0.390 e. The van der Waals surface area contributed by atoms with Gasteiger partial charge in [0, 0.05) is 24.1 Å². The summed E-state index contributed by atoms with van der Waals surface area (Å²) < 4.78 is 1.81. The zero-order chi connectivity index (χ0) is 19.8. The number of hydrogen-bond donors (Lipinski definition) is 2. The fourth-order valence-electron chi connectivity index (χ4n) is 3.48. The van der Waals surface area contributed by atoms with Crippen LogP contribution in [0.5, 0.6) is 0 Å². The summed E-state index contributed by atoms with van der Waals surface area (Å²) in [6.07, 6.45) is 1.18. The molecule has 2 heterocycles. The average molecular weight is 370 g/mol. The molecule has 0 atom stereocenters. The number of carbonyl (C=O) groups excluding carboxylic acids is 1. The third-order valence-corrected chi connectivity index (χ3v) is 5.19. The molecule has 0 unspecified atom stereocenters. The van der Waals surface area contributed by atoms with Gasteiger partial charge in [0.25, 0.3) is 0 Å². The SMILES string of the molecule is Cc1c(C(C)(C)C)nn(-c2ccccc2)c1NC(=O)N1CCC(C)(O)CC1. The number of amides is 2. The van der Waals surface area contributed by atoms with Crippen molar-refractivity contribution in [2.45, 2.75) is 58.5 Å². The molecular weight excluding hydrogens is 340 g/mol. The molecule has 0 aliphatic carbocycles. The van der Waals surface area contributed by atoms with Crippen LogP contribution in [-0.4, -0.2) is 44.5 Å². The van der Waals surface area contributed by atoms with Crippen LogP contribution in [0.15, 0.2) is 30.3 Å². The number of hydrogen-bond acceptors (Lipinski definition) is 3. The predicted molar refractivity (Wildman–Crippen MR) is 107 cm³/mol. The van der Waals surface area contributed by atoms with Crippen molar-refractivity contribution in [2.24, 2.45) is 0 Å². The fraction of sp³-hybridized carbons (Fsp3) is 0.524. The molecule has 1 aliphatic heterocycles.